The zero-order chi connectivity index (χ0) is 13.2. The highest BCUT2D eigenvalue weighted by Gasteiger charge is 2.05. The number of nitrogens with zero attached hydrogens (tertiary/aromatic N) is 2. The van der Waals surface area contributed by atoms with Crippen molar-refractivity contribution in [1.82, 2.24) is 9.97 Å². The molecule has 0 atom stereocenters. The van der Waals surface area contributed by atoms with E-state index in [1.54, 1.807) is 12.3 Å². The third-order valence-electron chi connectivity index (χ3n) is 3.19. The summed E-state index contributed by atoms with van der Waals surface area (Å²) in [6, 6.07) is 11.3. The molecule has 0 radical (unpaired) electrons. The summed E-state index contributed by atoms with van der Waals surface area (Å²) in [4.78, 5) is 8.73. The summed E-state index contributed by atoms with van der Waals surface area (Å²) in [5.74, 6) is 0. The smallest absolute Gasteiger partial charge is 0.115 e. The summed E-state index contributed by atoms with van der Waals surface area (Å²) in [5.41, 5.74) is 4.52. The van der Waals surface area contributed by atoms with E-state index in [0.29, 0.717) is 5.56 Å². The minimum atomic E-state index is -0.454. The second-order valence-electron chi connectivity index (χ2n) is 4.55. The van der Waals surface area contributed by atoms with Crippen molar-refractivity contribution >= 4 is 10.9 Å². The van der Waals surface area contributed by atoms with E-state index in [-0.39, 0.29) is 0 Å². The second kappa shape index (κ2) is 4.76. The number of fused-ring (bicyclic) bond motifs is 1. The molecular weight excluding hydrogens is 239 g/mol. The fourth-order valence-corrected chi connectivity index (χ4v) is 2.19. The Morgan fingerprint density at radius 2 is 2.05 bits per heavy atom. The molecule has 3 aromatic rings. The standard InChI is InChI=1S/C16H13FN2/c1-11-7-16(13-4-2-3-12(8-13)9-17)19-15-5-6-18-10-14(11)15/h2-8,10H,9H2,1H3. The van der Waals surface area contributed by atoms with Gasteiger partial charge in [-0.1, -0.05) is 18.2 Å². The summed E-state index contributed by atoms with van der Waals surface area (Å²) in [7, 11) is 0. The number of pyridine rings is 2. The lowest BCUT2D eigenvalue weighted by atomic mass is 10.0. The van der Waals surface area contributed by atoms with Gasteiger partial charge in [0.2, 0.25) is 0 Å². The molecule has 0 aliphatic carbocycles. The summed E-state index contributed by atoms with van der Waals surface area (Å²) in [6.45, 7) is 1.58. The summed E-state index contributed by atoms with van der Waals surface area (Å²) in [6.07, 6.45) is 3.55. The molecule has 1 aromatic carbocycles. The first-order valence-electron chi connectivity index (χ1n) is 6.14. The molecule has 3 rings (SSSR count). The Balaban J connectivity index is 2.19. The van der Waals surface area contributed by atoms with Crippen molar-refractivity contribution in [3.8, 4) is 11.3 Å². The average molecular weight is 252 g/mol. The van der Waals surface area contributed by atoms with Gasteiger partial charge in [-0.15, -0.1) is 0 Å². The van der Waals surface area contributed by atoms with Crippen LogP contribution in [0.2, 0.25) is 0 Å². The predicted molar refractivity (Wildman–Crippen MR) is 74.5 cm³/mol. The third-order valence-corrected chi connectivity index (χ3v) is 3.19. The second-order valence-corrected chi connectivity index (χ2v) is 4.55. The van der Waals surface area contributed by atoms with Crippen LogP contribution in [0.3, 0.4) is 0 Å². The van der Waals surface area contributed by atoms with Crippen molar-refractivity contribution < 1.29 is 4.39 Å². The Kier molecular flexibility index (Phi) is 2.95. The molecule has 0 spiro atoms. The first-order valence-corrected chi connectivity index (χ1v) is 6.14. The summed E-state index contributed by atoms with van der Waals surface area (Å²) < 4.78 is 12.7. The molecule has 0 bridgehead atoms. The maximum atomic E-state index is 12.7. The van der Waals surface area contributed by atoms with E-state index in [2.05, 4.69) is 9.97 Å². The molecule has 2 heterocycles. The Labute approximate surface area is 111 Å². The van der Waals surface area contributed by atoms with Gasteiger partial charge in [-0.3, -0.25) is 4.98 Å². The van der Waals surface area contributed by atoms with Crippen LogP contribution in [0, 0.1) is 6.92 Å². The van der Waals surface area contributed by atoms with Crippen LogP contribution >= 0.6 is 0 Å². The van der Waals surface area contributed by atoms with Crippen LogP contribution < -0.4 is 0 Å². The van der Waals surface area contributed by atoms with Crippen molar-refractivity contribution in [2.45, 2.75) is 13.6 Å². The zero-order valence-electron chi connectivity index (χ0n) is 10.6. The van der Waals surface area contributed by atoms with E-state index in [0.717, 1.165) is 27.7 Å². The van der Waals surface area contributed by atoms with Gasteiger partial charge < -0.3 is 0 Å². The Morgan fingerprint density at radius 3 is 2.89 bits per heavy atom. The molecule has 0 amide bonds. The van der Waals surface area contributed by atoms with Gasteiger partial charge in [-0.25, -0.2) is 9.37 Å². The number of hydrogen-bond donors (Lipinski definition) is 0. The van der Waals surface area contributed by atoms with Crippen LogP contribution in [-0.2, 0) is 6.67 Å². The minimum Gasteiger partial charge on any atom is -0.264 e. The molecule has 0 N–H and O–H groups in total. The highest BCUT2D eigenvalue weighted by atomic mass is 19.1. The van der Waals surface area contributed by atoms with E-state index in [4.69, 9.17) is 0 Å². The fraction of sp³-hybridized carbons (Fsp3) is 0.125. The van der Waals surface area contributed by atoms with Crippen LogP contribution in [0.4, 0.5) is 4.39 Å². The fourth-order valence-electron chi connectivity index (χ4n) is 2.19. The Bertz CT molecular complexity index is 738. The number of rotatable bonds is 2. The number of aromatic nitrogens is 2. The van der Waals surface area contributed by atoms with E-state index in [9.17, 15) is 4.39 Å². The summed E-state index contributed by atoms with van der Waals surface area (Å²) in [5, 5.41) is 1.05. The third kappa shape index (κ3) is 2.19. The van der Waals surface area contributed by atoms with Crippen molar-refractivity contribution in [1.29, 1.82) is 0 Å². The maximum Gasteiger partial charge on any atom is 0.115 e. The van der Waals surface area contributed by atoms with Gasteiger partial charge >= 0.3 is 0 Å². The average Bonchev–Trinajstić information content (AvgIpc) is 2.47. The van der Waals surface area contributed by atoms with Gasteiger partial charge in [0.05, 0.1) is 11.2 Å². The predicted octanol–water partition coefficient (Wildman–Crippen LogP) is 4.07. The van der Waals surface area contributed by atoms with E-state index >= 15 is 0 Å². The highest BCUT2D eigenvalue weighted by Crippen LogP contribution is 2.24. The van der Waals surface area contributed by atoms with Crippen LogP contribution in [0.5, 0.6) is 0 Å². The molecule has 0 unspecified atom stereocenters. The molecule has 0 saturated heterocycles. The number of hydrogen-bond acceptors (Lipinski definition) is 2. The van der Waals surface area contributed by atoms with Gasteiger partial charge in [0.1, 0.15) is 6.67 Å². The lowest BCUT2D eigenvalue weighted by Gasteiger charge is -2.07. The number of aryl methyl sites for hydroxylation is 1. The van der Waals surface area contributed by atoms with Crippen molar-refractivity contribution in [2.75, 3.05) is 0 Å². The topological polar surface area (TPSA) is 25.8 Å². The van der Waals surface area contributed by atoms with E-state index in [1.165, 1.54) is 0 Å². The number of alkyl halides is 1. The van der Waals surface area contributed by atoms with Gasteiger partial charge in [0, 0.05) is 23.3 Å². The zero-order valence-corrected chi connectivity index (χ0v) is 10.6. The first kappa shape index (κ1) is 11.8. The van der Waals surface area contributed by atoms with Crippen LogP contribution in [0.1, 0.15) is 11.1 Å². The van der Waals surface area contributed by atoms with Crippen molar-refractivity contribution in [3.63, 3.8) is 0 Å². The Morgan fingerprint density at radius 1 is 1.16 bits per heavy atom. The largest absolute Gasteiger partial charge is 0.264 e. The van der Waals surface area contributed by atoms with Crippen LogP contribution in [0.15, 0.2) is 48.8 Å². The molecule has 19 heavy (non-hydrogen) atoms. The molecule has 3 heteroatoms. The number of benzene rings is 1. The van der Waals surface area contributed by atoms with Gasteiger partial charge in [-0.2, -0.15) is 0 Å². The molecule has 2 nitrogen and oxygen atoms in total. The molecule has 0 fully saturated rings. The van der Waals surface area contributed by atoms with Gasteiger partial charge in [-0.05, 0) is 36.2 Å². The molecule has 0 saturated carbocycles. The summed E-state index contributed by atoms with van der Waals surface area (Å²) >= 11 is 0. The van der Waals surface area contributed by atoms with Crippen LogP contribution in [-0.4, -0.2) is 9.97 Å². The quantitative estimate of drug-likeness (QED) is 0.687. The van der Waals surface area contributed by atoms with Crippen LogP contribution in [0.25, 0.3) is 22.2 Å². The number of halogens is 1. The maximum absolute atomic E-state index is 12.7. The normalized spacial score (nSPS) is 10.8. The van der Waals surface area contributed by atoms with Gasteiger partial charge in [0.25, 0.3) is 0 Å². The SMILES string of the molecule is Cc1cc(-c2cccc(CF)c2)nc2ccncc12. The Hall–Kier alpha value is -2.29. The van der Waals surface area contributed by atoms with Crippen molar-refractivity contribution in [3.05, 3.63) is 59.9 Å². The molecular formula is C16H13FN2. The molecule has 0 aliphatic heterocycles. The lowest BCUT2D eigenvalue weighted by molar-refractivity contribution is 0.485. The van der Waals surface area contributed by atoms with Gasteiger partial charge in [0.15, 0.2) is 0 Å². The monoisotopic (exact) mass is 252 g/mol. The molecule has 94 valence electrons. The minimum absolute atomic E-state index is 0.454. The highest BCUT2D eigenvalue weighted by molar-refractivity contribution is 5.84. The van der Waals surface area contributed by atoms with E-state index < -0.39 is 6.67 Å². The van der Waals surface area contributed by atoms with E-state index in [1.807, 2.05) is 43.5 Å². The molecule has 0 aliphatic rings. The first-order chi connectivity index (χ1) is 9.28. The molecule has 2 aromatic heterocycles. The van der Waals surface area contributed by atoms with Crippen molar-refractivity contribution in [2.24, 2.45) is 0 Å². The lowest BCUT2D eigenvalue weighted by Crippen LogP contribution is -1.90.